The van der Waals surface area contributed by atoms with Gasteiger partial charge in [-0.3, -0.25) is 9.89 Å². The molecule has 0 aliphatic carbocycles. The van der Waals surface area contributed by atoms with Crippen molar-refractivity contribution in [1.82, 2.24) is 9.80 Å². The van der Waals surface area contributed by atoms with Crippen molar-refractivity contribution in [2.75, 3.05) is 51.3 Å². The molecule has 28 heavy (non-hydrogen) atoms. The van der Waals surface area contributed by atoms with Crippen molar-refractivity contribution in [3.05, 3.63) is 59.1 Å². The van der Waals surface area contributed by atoms with E-state index in [-0.39, 0.29) is 6.17 Å². The monoisotopic (exact) mass is 378 g/mol. The van der Waals surface area contributed by atoms with Crippen molar-refractivity contribution in [2.45, 2.75) is 19.5 Å². The lowest BCUT2D eigenvalue weighted by Gasteiger charge is -2.38. The lowest BCUT2D eigenvalue weighted by atomic mass is 10.2. The first-order valence-electron chi connectivity index (χ1n) is 10.3. The highest BCUT2D eigenvalue weighted by molar-refractivity contribution is 5.58. The molecule has 1 unspecified atom stereocenters. The van der Waals surface area contributed by atoms with Gasteiger partial charge in [-0.15, -0.1) is 0 Å². The quantitative estimate of drug-likeness (QED) is 0.769. The van der Waals surface area contributed by atoms with Crippen LogP contribution in [-0.2, 0) is 0 Å². The fraction of sp³-hybridized carbons (Fsp3) is 0.435. The molecule has 0 spiro atoms. The summed E-state index contributed by atoms with van der Waals surface area (Å²) < 4.78 is 5.53. The van der Waals surface area contributed by atoms with Gasteiger partial charge in [-0.1, -0.05) is 37.3 Å². The van der Waals surface area contributed by atoms with E-state index >= 15 is 0 Å². The third kappa shape index (κ3) is 3.99. The molecule has 0 amide bonds. The molecule has 2 aromatic rings. The summed E-state index contributed by atoms with van der Waals surface area (Å²) in [6.45, 7) is 8.54. The Morgan fingerprint density at radius 1 is 0.964 bits per heavy atom. The highest BCUT2D eigenvalue weighted by Gasteiger charge is 2.21. The lowest BCUT2D eigenvalue weighted by Crippen LogP contribution is -2.50. The van der Waals surface area contributed by atoms with E-state index in [1.54, 1.807) is 7.11 Å². The van der Waals surface area contributed by atoms with E-state index < -0.39 is 0 Å². The molecule has 0 saturated carbocycles. The third-order valence-corrected chi connectivity index (χ3v) is 5.75. The molecule has 148 valence electrons. The van der Waals surface area contributed by atoms with E-state index in [9.17, 15) is 0 Å². The van der Waals surface area contributed by atoms with Crippen LogP contribution in [0, 0.1) is 0 Å². The molecule has 0 N–H and O–H groups in total. The second-order valence-corrected chi connectivity index (χ2v) is 7.44. The van der Waals surface area contributed by atoms with E-state index in [2.05, 4.69) is 64.2 Å². The summed E-state index contributed by atoms with van der Waals surface area (Å²) in [5, 5.41) is 2.35. The van der Waals surface area contributed by atoms with Crippen molar-refractivity contribution < 1.29 is 4.74 Å². The number of rotatable bonds is 6. The standard InChI is InChI=1S/C23H30N4O/c1-3-23-24-20-9-5-4-8-19(20)18-27(23)17-14-25-12-15-26(16-13-25)21-10-6-7-11-22(21)28-2/h4-11,18,23H,3,12-17H2,1-2H3. The zero-order valence-electron chi connectivity index (χ0n) is 16.9. The first-order chi connectivity index (χ1) is 13.8. The Balaban J connectivity index is 1.35. The molecular weight excluding hydrogens is 348 g/mol. The first kappa shape index (κ1) is 18.8. The van der Waals surface area contributed by atoms with Gasteiger partial charge >= 0.3 is 0 Å². The Morgan fingerprint density at radius 3 is 2.50 bits per heavy atom. The summed E-state index contributed by atoms with van der Waals surface area (Å²) in [6, 6.07) is 16.7. The van der Waals surface area contributed by atoms with Gasteiger partial charge in [0.2, 0.25) is 0 Å². The number of methoxy groups -OCH3 is 1. The Morgan fingerprint density at radius 2 is 1.71 bits per heavy atom. The molecule has 5 heteroatoms. The predicted octanol–water partition coefficient (Wildman–Crippen LogP) is 1.93. The van der Waals surface area contributed by atoms with E-state index in [0.29, 0.717) is 0 Å². The largest absolute Gasteiger partial charge is 0.495 e. The normalized spacial score (nSPS) is 19.6. The highest BCUT2D eigenvalue weighted by Crippen LogP contribution is 2.28. The smallest absolute Gasteiger partial charge is 0.142 e. The average Bonchev–Trinajstić information content (AvgIpc) is 2.77. The summed E-state index contributed by atoms with van der Waals surface area (Å²) in [5.74, 6) is 0.963. The maximum Gasteiger partial charge on any atom is 0.142 e. The number of hydrogen-bond acceptors (Lipinski definition) is 5. The van der Waals surface area contributed by atoms with E-state index in [0.717, 1.165) is 56.8 Å². The predicted molar refractivity (Wildman–Crippen MR) is 114 cm³/mol. The molecule has 5 nitrogen and oxygen atoms in total. The molecule has 2 aliphatic heterocycles. The van der Waals surface area contributed by atoms with Crippen molar-refractivity contribution >= 4 is 11.9 Å². The number of piperazine rings is 1. The number of anilines is 1. The van der Waals surface area contributed by atoms with Crippen LogP contribution in [0.25, 0.3) is 6.20 Å². The maximum absolute atomic E-state index is 5.53. The van der Waals surface area contributed by atoms with Crippen LogP contribution < -0.4 is 20.2 Å². The molecule has 0 radical (unpaired) electrons. The third-order valence-electron chi connectivity index (χ3n) is 5.75. The van der Waals surface area contributed by atoms with E-state index in [1.165, 1.54) is 10.9 Å². The molecule has 1 atom stereocenters. The molecule has 1 saturated heterocycles. The SMILES string of the molecule is CCC1N=c2ccccc2=CN1CCN1CCN(c2ccccc2OC)CC1. The number of benzene rings is 2. The van der Waals surface area contributed by atoms with Gasteiger partial charge in [-0.25, -0.2) is 0 Å². The van der Waals surface area contributed by atoms with Gasteiger partial charge in [0.15, 0.2) is 0 Å². The summed E-state index contributed by atoms with van der Waals surface area (Å²) in [6.07, 6.45) is 3.58. The van der Waals surface area contributed by atoms with Crippen molar-refractivity contribution in [2.24, 2.45) is 4.99 Å². The van der Waals surface area contributed by atoms with Gasteiger partial charge in [0.25, 0.3) is 0 Å². The Bertz CT molecular complexity index is 905. The van der Waals surface area contributed by atoms with Crippen LogP contribution in [-0.4, -0.2) is 62.3 Å². The minimum atomic E-state index is 0.254. The van der Waals surface area contributed by atoms with Crippen molar-refractivity contribution in [3.8, 4) is 5.75 Å². The Labute approximate surface area is 167 Å². The van der Waals surface area contributed by atoms with Crippen molar-refractivity contribution in [1.29, 1.82) is 0 Å². The van der Waals surface area contributed by atoms with Crippen LogP contribution in [0.15, 0.2) is 53.5 Å². The highest BCUT2D eigenvalue weighted by atomic mass is 16.5. The minimum absolute atomic E-state index is 0.254. The number of hydrogen-bond donors (Lipinski definition) is 0. The molecule has 0 bridgehead atoms. The zero-order valence-corrected chi connectivity index (χ0v) is 16.9. The number of ether oxygens (including phenoxy) is 1. The number of fused-ring (bicyclic) bond motifs is 1. The van der Waals surface area contributed by atoms with Crippen LogP contribution in [0.2, 0.25) is 0 Å². The second-order valence-electron chi connectivity index (χ2n) is 7.44. The van der Waals surface area contributed by atoms with E-state index in [4.69, 9.17) is 9.73 Å². The van der Waals surface area contributed by atoms with Gasteiger partial charge in [-0.05, 0) is 24.6 Å². The van der Waals surface area contributed by atoms with E-state index in [1.807, 2.05) is 12.1 Å². The number of para-hydroxylation sites is 3. The average molecular weight is 379 g/mol. The minimum Gasteiger partial charge on any atom is -0.495 e. The van der Waals surface area contributed by atoms with Gasteiger partial charge in [0, 0.05) is 50.7 Å². The van der Waals surface area contributed by atoms with Gasteiger partial charge < -0.3 is 14.5 Å². The van der Waals surface area contributed by atoms with Gasteiger partial charge in [0.1, 0.15) is 11.9 Å². The molecule has 0 aromatic heterocycles. The lowest BCUT2D eigenvalue weighted by molar-refractivity contribution is 0.207. The van der Waals surface area contributed by atoms with Crippen LogP contribution >= 0.6 is 0 Å². The summed E-state index contributed by atoms with van der Waals surface area (Å²) in [7, 11) is 1.75. The topological polar surface area (TPSA) is 31.3 Å². The van der Waals surface area contributed by atoms with Gasteiger partial charge in [-0.2, -0.15) is 0 Å². The van der Waals surface area contributed by atoms with Crippen LogP contribution in [0.5, 0.6) is 5.75 Å². The summed E-state index contributed by atoms with van der Waals surface area (Å²) in [4.78, 5) is 12.3. The first-order valence-corrected chi connectivity index (χ1v) is 10.3. The molecular formula is C23H30N4O. The zero-order chi connectivity index (χ0) is 19.3. The second kappa shape index (κ2) is 8.65. The maximum atomic E-state index is 5.53. The molecule has 2 aliphatic rings. The van der Waals surface area contributed by atoms with Crippen LogP contribution in [0.1, 0.15) is 13.3 Å². The van der Waals surface area contributed by atoms with Crippen LogP contribution in [0.3, 0.4) is 0 Å². The fourth-order valence-electron chi connectivity index (χ4n) is 4.11. The van der Waals surface area contributed by atoms with Crippen LogP contribution in [0.4, 0.5) is 5.69 Å². The number of nitrogens with zero attached hydrogens (tertiary/aromatic N) is 4. The molecule has 1 fully saturated rings. The summed E-state index contributed by atoms with van der Waals surface area (Å²) in [5.41, 5.74) is 1.20. The molecule has 2 heterocycles. The summed E-state index contributed by atoms with van der Waals surface area (Å²) >= 11 is 0. The Kier molecular flexibility index (Phi) is 5.81. The molecule has 2 aromatic carbocycles. The van der Waals surface area contributed by atoms with Crippen molar-refractivity contribution in [3.63, 3.8) is 0 Å². The fourth-order valence-corrected chi connectivity index (χ4v) is 4.11. The molecule has 4 rings (SSSR count). The van der Waals surface area contributed by atoms with Gasteiger partial charge in [0.05, 0.1) is 18.2 Å². The Hall–Kier alpha value is -2.53.